The van der Waals surface area contributed by atoms with Crippen LogP contribution in [0.5, 0.6) is 0 Å². The molecule has 0 heterocycles. The molecule has 0 aliphatic carbocycles. The van der Waals surface area contributed by atoms with Crippen LogP contribution in [0.2, 0.25) is 0 Å². The Morgan fingerprint density at radius 2 is 1.16 bits per heavy atom. The van der Waals surface area contributed by atoms with Crippen LogP contribution in [0, 0.1) is 0 Å². The molecule has 5 heteroatoms. The van der Waals surface area contributed by atoms with Crippen molar-refractivity contribution in [2.75, 3.05) is 0 Å². The summed E-state index contributed by atoms with van der Waals surface area (Å²) in [6.07, 6.45) is 0. The molecule has 0 aromatic heterocycles. The fourth-order valence-electron chi connectivity index (χ4n) is 3.32. The standard InChI is InChI=1S/C20H25N3O2/c1-19(2,15-11-7-5-8-12-15)23(18(25)22-17(21)24)20(3,4)16-13-9-6-10-14-16/h5-14H,1-4H3,(H3,21,22,24,25). The minimum absolute atomic E-state index is 0.532. The van der Waals surface area contributed by atoms with E-state index in [1.54, 1.807) is 4.90 Å². The molecule has 2 aromatic rings. The third-order valence-electron chi connectivity index (χ3n) is 4.51. The number of imide groups is 1. The quantitative estimate of drug-likeness (QED) is 0.885. The Hall–Kier alpha value is -2.82. The molecular formula is C20H25N3O2. The average molecular weight is 339 g/mol. The summed E-state index contributed by atoms with van der Waals surface area (Å²) < 4.78 is 0. The molecule has 0 saturated heterocycles. The van der Waals surface area contributed by atoms with Crippen LogP contribution < -0.4 is 11.1 Å². The van der Waals surface area contributed by atoms with E-state index in [1.165, 1.54) is 0 Å². The maximum absolute atomic E-state index is 12.9. The SMILES string of the molecule is CC(C)(c1ccccc1)N(C(=O)NC(N)=O)C(C)(C)c1ccccc1. The molecule has 3 N–H and O–H groups in total. The fraction of sp³-hybridized carbons (Fsp3) is 0.300. The van der Waals surface area contributed by atoms with Crippen LogP contribution in [-0.2, 0) is 11.1 Å². The van der Waals surface area contributed by atoms with Gasteiger partial charge in [-0.3, -0.25) is 5.32 Å². The summed E-state index contributed by atoms with van der Waals surface area (Å²) in [5, 5.41) is 2.22. The third-order valence-corrected chi connectivity index (χ3v) is 4.51. The lowest BCUT2D eigenvalue weighted by molar-refractivity contribution is 0.0513. The summed E-state index contributed by atoms with van der Waals surface area (Å²) in [5.74, 6) is 0. The fourth-order valence-corrected chi connectivity index (χ4v) is 3.32. The van der Waals surface area contributed by atoms with E-state index in [2.05, 4.69) is 5.32 Å². The lowest BCUT2D eigenvalue weighted by atomic mass is 9.84. The van der Waals surface area contributed by atoms with Crippen LogP contribution in [0.3, 0.4) is 0 Å². The van der Waals surface area contributed by atoms with E-state index in [-0.39, 0.29) is 0 Å². The zero-order chi connectivity index (χ0) is 18.7. The van der Waals surface area contributed by atoms with Crippen LogP contribution >= 0.6 is 0 Å². The molecule has 2 rings (SSSR count). The van der Waals surface area contributed by atoms with Gasteiger partial charge in [0.2, 0.25) is 0 Å². The minimum Gasteiger partial charge on any atom is -0.351 e. The molecule has 0 fully saturated rings. The number of rotatable bonds is 4. The number of hydrogen-bond acceptors (Lipinski definition) is 2. The molecule has 132 valence electrons. The van der Waals surface area contributed by atoms with Gasteiger partial charge < -0.3 is 10.6 Å². The molecule has 0 aliphatic heterocycles. The van der Waals surface area contributed by atoms with Gasteiger partial charge in [0, 0.05) is 0 Å². The van der Waals surface area contributed by atoms with Crippen molar-refractivity contribution in [3.05, 3.63) is 71.8 Å². The lowest BCUT2D eigenvalue weighted by Crippen LogP contribution is -2.59. The predicted octanol–water partition coefficient (Wildman–Crippen LogP) is 3.95. The summed E-state index contributed by atoms with van der Waals surface area (Å²) in [7, 11) is 0. The van der Waals surface area contributed by atoms with Gasteiger partial charge in [-0.1, -0.05) is 60.7 Å². The van der Waals surface area contributed by atoms with Gasteiger partial charge in [0.15, 0.2) is 0 Å². The summed E-state index contributed by atoms with van der Waals surface area (Å²) in [5.41, 5.74) is 5.75. The number of nitrogens with two attached hydrogens (primary N) is 1. The van der Waals surface area contributed by atoms with E-state index >= 15 is 0 Å². The molecule has 4 amide bonds. The van der Waals surface area contributed by atoms with Gasteiger partial charge in [-0.05, 0) is 38.8 Å². The highest BCUT2D eigenvalue weighted by atomic mass is 16.2. The van der Waals surface area contributed by atoms with Gasteiger partial charge in [0.25, 0.3) is 0 Å². The maximum Gasteiger partial charge on any atom is 0.326 e. The number of hydrogen-bond donors (Lipinski definition) is 2. The molecule has 0 aliphatic rings. The van der Waals surface area contributed by atoms with Crippen molar-refractivity contribution in [2.45, 2.75) is 38.8 Å². The van der Waals surface area contributed by atoms with Crippen LogP contribution in [0.25, 0.3) is 0 Å². The average Bonchev–Trinajstić information content (AvgIpc) is 2.55. The molecule has 0 bridgehead atoms. The summed E-state index contributed by atoms with van der Waals surface area (Å²) in [6.45, 7) is 7.81. The molecule has 0 spiro atoms. The van der Waals surface area contributed by atoms with Gasteiger partial charge >= 0.3 is 12.1 Å². The first kappa shape index (κ1) is 18.5. The van der Waals surface area contributed by atoms with Gasteiger partial charge in [0.05, 0.1) is 11.1 Å². The lowest BCUT2D eigenvalue weighted by Gasteiger charge is -2.49. The number of primary amides is 1. The zero-order valence-electron chi connectivity index (χ0n) is 15.1. The second-order valence-corrected chi connectivity index (χ2v) is 6.98. The number of carbonyl (C=O) groups is 2. The van der Waals surface area contributed by atoms with Gasteiger partial charge in [0.1, 0.15) is 0 Å². The molecule has 5 nitrogen and oxygen atoms in total. The van der Waals surface area contributed by atoms with Crippen LogP contribution in [0.4, 0.5) is 9.59 Å². The van der Waals surface area contributed by atoms with Crippen molar-refractivity contribution in [3.8, 4) is 0 Å². The van der Waals surface area contributed by atoms with E-state index in [1.807, 2.05) is 88.4 Å². The smallest absolute Gasteiger partial charge is 0.326 e. The van der Waals surface area contributed by atoms with Gasteiger partial charge in [-0.15, -0.1) is 0 Å². The van der Waals surface area contributed by atoms with E-state index in [9.17, 15) is 9.59 Å². The Morgan fingerprint density at radius 1 is 0.800 bits per heavy atom. The normalized spacial score (nSPS) is 11.7. The Labute approximate surface area is 148 Å². The topological polar surface area (TPSA) is 75.4 Å². The number of amides is 4. The van der Waals surface area contributed by atoms with Crippen molar-refractivity contribution >= 4 is 12.1 Å². The second-order valence-electron chi connectivity index (χ2n) is 6.98. The number of urea groups is 2. The molecule has 2 aromatic carbocycles. The molecule has 0 radical (unpaired) electrons. The number of nitrogens with zero attached hydrogens (tertiary/aromatic N) is 1. The highest BCUT2D eigenvalue weighted by Crippen LogP contribution is 2.39. The van der Waals surface area contributed by atoms with E-state index in [4.69, 9.17) is 5.73 Å². The Morgan fingerprint density at radius 3 is 1.48 bits per heavy atom. The van der Waals surface area contributed by atoms with Crippen LogP contribution in [-0.4, -0.2) is 17.0 Å². The first-order valence-corrected chi connectivity index (χ1v) is 8.19. The highest BCUT2D eigenvalue weighted by molar-refractivity contribution is 5.93. The first-order chi connectivity index (χ1) is 11.7. The first-order valence-electron chi connectivity index (χ1n) is 8.19. The van der Waals surface area contributed by atoms with Crippen molar-refractivity contribution < 1.29 is 9.59 Å². The molecule has 0 atom stereocenters. The predicted molar refractivity (Wildman–Crippen MR) is 98.9 cm³/mol. The Kier molecular flexibility index (Phi) is 5.16. The molecular weight excluding hydrogens is 314 g/mol. The Balaban J connectivity index is 2.57. The largest absolute Gasteiger partial charge is 0.351 e. The Bertz CT molecular complexity index is 689. The van der Waals surface area contributed by atoms with Crippen molar-refractivity contribution in [1.82, 2.24) is 10.2 Å². The summed E-state index contributed by atoms with van der Waals surface area (Å²) >= 11 is 0. The van der Waals surface area contributed by atoms with Crippen molar-refractivity contribution in [3.63, 3.8) is 0 Å². The molecule has 0 unspecified atom stereocenters. The second kappa shape index (κ2) is 6.97. The monoisotopic (exact) mass is 339 g/mol. The minimum atomic E-state index is -0.872. The molecule has 0 saturated carbocycles. The van der Waals surface area contributed by atoms with E-state index in [0.29, 0.717) is 0 Å². The van der Waals surface area contributed by atoms with E-state index < -0.39 is 23.1 Å². The highest BCUT2D eigenvalue weighted by Gasteiger charge is 2.43. The third kappa shape index (κ3) is 3.82. The number of benzene rings is 2. The zero-order valence-corrected chi connectivity index (χ0v) is 15.1. The van der Waals surface area contributed by atoms with E-state index in [0.717, 1.165) is 11.1 Å². The summed E-state index contributed by atoms with van der Waals surface area (Å²) in [4.78, 5) is 25.9. The van der Waals surface area contributed by atoms with Gasteiger partial charge in [-0.2, -0.15) is 0 Å². The number of nitrogens with one attached hydrogen (secondary N) is 1. The van der Waals surface area contributed by atoms with Crippen LogP contribution in [0.1, 0.15) is 38.8 Å². The summed E-state index contributed by atoms with van der Waals surface area (Å²) in [6, 6.07) is 18.0. The molecule has 25 heavy (non-hydrogen) atoms. The van der Waals surface area contributed by atoms with Crippen LogP contribution in [0.15, 0.2) is 60.7 Å². The van der Waals surface area contributed by atoms with Gasteiger partial charge in [-0.25, -0.2) is 9.59 Å². The van der Waals surface area contributed by atoms with Crippen molar-refractivity contribution in [2.24, 2.45) is 5.73 Å². The van der Waals surface area contributed by atoms with Crippen molar-refractivity contribution in [1.29, 1.82) is 0 Å². The maximum atomic E-state index is 12.9. The number of carbonyl (C=O) groups excluding carboxylic acids is 2.